The van der Waals surface area contributed by atoms with Crippen LogP contribution in [0.15, 0.2) is 4.52 Å². The fourth-order valence-corrected chi connectivity index (χ4v) is 3.51. The molecule has 3 heterocycles. The number of halogens is 1. The number of nitro groups is 1. The van der Waals surface area contributed by atoms with Gasteiger partial charge < -0.3 is 15.2 Å². The van der Waals surface area contributed by atoms with E-state index in [1.807, 2.05) is 13.8 Å². The summed E-state index contributed by atoms with van der Waals surface area (Å²) in [6.45, 7) is 7.22. The average molecular weight is 571 g/mol. The molecule has 2 amide bonds. The molecular formula is C18H22IN9O5. The van der Waals surface area contributed by atoms with Crippen LogP contribution in [0.2, 0.25) is 0 Å². The van der Waals surface area contributed by atoms with E-state index in [-0.39, 0.29) is 43.5 Å². The van der Waals surface area contributed by atoms with Crippen molar-refractivity contribution in [2.45, 2.75) is 40.8 Å². The number of hydrogen-bond acceptors (Lipinski definition) is 9. The maximum Gasteiger partial charge on any atom is 0.316 e. The molecule has 15 heteroatoms. The molecule has 3 aromatic rings. The number of nitrogens with zero attached hydrogens (tertiary/aromatic N) is 7. The van der Waals surface area contributed by atoms with Crippen LogP contribution in [0.4, 0.5) is 5.69 Å². The molecule has 0 saturated carbocycles. The maximum atomic E-state index is 12.2. The fraction of sp³-hybridized carbons (Fsp3) is 0.444. The molecule has 0 fully saturated rings. The van der Waals surface area contributed by atoms with Crippen LogP contribution in [0, 0.1) is 41.4 Å². The molecule has 3 aromatic heterocycles. The first-order chi connectivity index (χ1) is 15.6. The lowest BCUT2D eigenvalue weighted by atomic mass is 10.3. The Morgan fingerprint density at radius 3 is 2.33 bits per heavy atom. The summed E-state index contributed by atoms with van der Waals surface area (Å²) in [5.74, 6) is -0.846. The Morgan fingerprint density at radius 2 is 1.73 bits per heavy atom. The van der Waals surface area contributed by atoms with E-state index >= 15 is 0 Å². The minimum absolute atomic E-state index is 0.110. The van der Waals surface area contributed by atoms with Gasteiger partial charge in [0.1, 0.15) is 24.5 Å². The highest BCUT2D eigenvalue weighted by atomic mass is 127. The number of amides is 2. The van der Waals surface area contributed by atoms with Crippen LogP contribution in [-0.2, 0) is 17.9 Å². The smallest absolute Gasteiger partial charge is 0.316 e. The van der Waals surface area contributed by atoms with Crippen molar-refractivity contribution in [2.75, 3.05) is 13.1 Å². The molecular weight excluding hydrogens is 549 g/mol. The minimum atomic E-state index is -0.569. The highest BCUT2D eigenvalue weighted by molar-refractivity contribution is 14.1. The van der Waals surface area contributed by atoms with E-state index in [0.29, 0.717) is 11.5 Å². The van der Waals surface area contributed by atoms with Crippen LogP contribution in [-0.4, -0.2) is 59.5 Å². The van der Waals surface area contributed by atoms with Gasteiger partial charge in [0, 0.05) is 18.8 Å². The van der Waals surface area contributed by atoms with Crippen LogP contribution in [0.3, 0.4) is 0 Å². The van der Waals surface area contributed by atoms with Crippen molar-refractivity contribution in [3.63, 3.8) is 0 Å². The van der Waals surface area contributed by atoms with Gasteiger partial charge in [0.2, 0.25) is 5.91 Å². The van der Waals surface area contributed by atoms with Crippen molar-refractivity contribution in [3.8, 4) is 0 Å². The van der Waals surface area contributed by atoms with Crippen LogP contribution in [0.25, 0.3) is 0 Å². The lowest BCUT2D eigenvalue weighted by molar-refractivity contribution is -0.386. The minimum Gasteiger partial charge on any atom is -0.353 e. The molecule has 0 saturated heterocycles. The zero-order valence-corrected chi connectivity index (χ0v) is 20.5. The van der Waals surface area contributed by atoms with Gasteiger partial charge in [0.15, 0.2) is 5.82 Å². The zero-order valence-electron chi connectivity index (χ0n) is 18.4. The predicted octanol–water partition coefficient (Wildman–Crippen LogP) is 0.804. The summed E-state index contributed by atoms with van der Waals surface area (Å²) in [5.41, 5.74) is 2.29. The number of rotatable bonds is 9. The second-order valence-electron chi connectivity index (χ2n) is 7.20. The van der Waals surface area contributed by atoms with Crippen molar-refractivity contribution in [1.29, 1.82) is 0 Å². The second kappa shape index (κ2) is 10.1. The van der Waals surface area contributed by atoms with Gasteiger partial charge in [-0.2, -0.15) is 15.2 Å². The first kappa shape index (κ1) is 24.3. The molecule has 0 aliphatic carbocycles. The molecule has 0 aliphatic heterocycles. The van der Waals surface area contributed by atoms with Crippen molar-refractivity contribution >= 4 is 40.1 Å². The topological polar surface area (TPSA) is 176 Å². The van der Waals surface area contributed by atoms with Gasteiger partial charge in [0.25, 0.3) is 0 Å². The maximum absolute atomic E-state index is 12.2. The Bertz CT molecular complexity index is 1210. The molecule has 14 nitrogen and oxygen atoms in total. The molecule has 2 N–H and O–H groups in total. The Hall–Kier alpha value is -3.37. The summed E-state index contributed by atoms with van der Waals surface area (Å²) in [5, 5.41) is 28.5. The molecule has 0 atom stereocenters. The Labute approximate surface area is 201 Å². The molecule has 0 radical (unpaired) electrons. The number of hydrogen-bond donors (Lipinski definition) is 2. The van der Waals surface area contributed by atoms with Gasteiger partial charge in [-0.15, -0.1) is 0 Å². The number of nitrogens with one attached hydrogen (secondary N) is 2. The summed E-state index contributed by atoms with van der Waals surface area (Å²) in [6.07, 6.45) is 0. The first-order valence-electron chi connectivity index (χ1n) is 9.83. The van der Waals surface area contributed by atoms with Crippen molar-refractivity contribution in [3.05, 3.63) is 48.2 Å². The van der Waals surface area contributed by atoms with Gasteiger partial charge in [-0.3, -0.25) is 29.1 Å². The van der Waals surface area contributed by atoms with Crippen molar-refractivity contribution < 1.29 is 19.0 Å². The van der Waals surface area contributed by atoms with Gasteiger partial charge in [0.05, 0.1) is 14.2 Å². The number of aromatic nitrogens is 6. The third kappa shape index (κ3) is 5.52. The Balaban J connectivity index is 1.45. The van der Waals surface area contributed by atoms with E-state index in [1.54, 1.807) is 4.68 Å². The zero-order chi connectivity index (χ0) is 24.3. The van der Waals surface area contributed by atoms with E-state index in [9.17, 15) is 19.7 Å². The third-order valence-electron chi connectivity index (χ3n) is 4.80. The van der Waals surface area contributed by atoms with Gasteiger partial charge >= 0.3 is 17.5 Å². The molecule has 3 rings (SSSR count). The second-order valence-corrected chi connectivity index (χ2v) is 8.28. The monoisotopic (exact) mass is 571 g/mol. The molecule has 176 valence electrons. The lowest BCUT2D eigenvalue weighted by Crippen LogP contribution is -2.36. The predicted molar refractivity (Wildman–Crippen MR) is 122 cm³/mol. The molecule has 33 heavy (non-hydrogen) atoms. The average Bonchev–Trinajstić information content (AvgIpc) is 3.39. The fourth-order valence-electron chi connectivity index (χ4n) is 3.12. The van der Waals surface area contributed by atoms with Crippen molar-refractivity contribution in [1.82, 2.24) is 40.3 Å². The lowest BCUT2D eigenvalue weighted by Gasteiger charge is -2.06. The SMILES string of the molecule is Cc1nn(Cc2noc(C(=O)NCCNC(=O)Cn3nc(C)c([N+](=O)[O-])c3C)n2)c(C)c1I. The Kier molecular flexibility index (Phi) is 7.39. The van der Waals surface area contributed by atoms with Crippen LogP contribution in [0.5, 0.6) is 0 Å². The van der Waals surface area contributed by atoms with Crippen LogP contribution >= 0.6 is 22.6 Å². The van der Waals surface area contributed by atoms with Gasteiger partial charge in [-0.1, -0.05) is 5.16 Å². The molecule has 0 aromatic carbocycles. The number of aryl methyl sites for hydroxylation is 2. The third-order valence-corrected chi connectivity index (χ3v) is 6.36. The molecule has 0 unspecified atom stereocenters. The van der Waals surface area contributed by atoms with E-state index in [4.69, 9.17) is 4.52 Å². The van der Waals surface area contributed by atoms with E-state index in [2.05, 4.69) is 53.6 Å². The van der Waals surface area contributed by atoms with Crippen LogP contribution in [0.1, 0.15) is 39.3 Å². The van der Waals surface area contributed by atoms with E-state index in [0.717, 1.165) is 15.0 Å². The standard InChI is InChI=1S/C18H22IN9O5/c1-9-15(19)11(3)26(23-9)7-13-22-18(33-25-13)17(30)21-6-5-20-14(29)8-27-12(4)16(28(31)32)10(2)24-27/h5-8H2,1-4H3,(H,20,29)(H,21,30). The number of carbonyl (C=O) groups is 2. The van der Waals surface area contributed by atoms with E-state index in [1.165, 1.54) is 18.5 Å². The van der Waals surface area contributed by atoms with E-state index < -0.39 is 16.7 Å². The van der Waals surface area contributed by atoms with Crippen molar-refractivity contribution in [2.24, 2.45) is 0 Å². The summed E-state index contributed by atoms with van der Waals surface area (Å²) >= 11 is 2.21. The summed E-state index contributed by atoms with van der Waals surface area (Å²) in [4.78, 5) is 38.9. The highest BCUT2D eigenvalue weighted by Gasteiger charge is 2.22. The molecule has 0 spiro atoms. The molecule has 0 aliphatic rings. The largest absolute Gasteiger partial charge is 0.353 e. The Morgan fingerprint density at radius 1 is 1.06 bits per heavy atom. The first-order valence-corrected chi connectivity index (χ1v) is 10.9. The summed E-state index contributed by atoms with van der Waals surface area (Å²) in [7, 11) is 0. The normalized spacial score (nSPS) is 10.9. The van der Waals surface area contributed by atoms with Crippen LogP contribution < -0.4 is 10.6 Å². The van der Waals surface area contributed by atoms with Gasteiger partial charge in [-0.05, 0) is 50.3 Å². The number of carbonyl (C=O) groups excluding carboxylic acids is 2. The summed E-state index contributed by atoms with van der Waals surface area (Å²) < 4.78 is 9.06. The summed E-state index contributed by atoms with van der Waals surface area (Å²) in [6, 6.07) is 0. The van der Waals surface area contributed by atoms with Gasteiger partial charge in [-0.25, -0.2) is 0 Å². The quantitative estimate of drug-likeness (QED) is 0.163. The molecule has 0 bridgehead atoms. The highest BCUT2D eigenvalue weighted by Crippen LogP contribution is 2.21.